The second kappa shape index (κ2) is 6.01. The van der Waals surface area contributed by atoms with E-state index in [9.17, 15) is 8.78 Å². The first-order valence-electron chi connectivity index (χ1n) is 6.40. The molecular formula is C16H12F2N2S. The average Bonchev–Trinajstić information content (AvgIpc) is 2.94. The summed E-state index contributed by atoms with van der Waals surface area (Å²) in [6.45, 7) is 0.431. The molecule has 0 atom stereocenters. The van der Waals surface area contributed by atoms with E-state index in [2.05, 4.69) is 10.3 Å². The van der Waals surface area contributed by atoms with Crippen molar-refractivity contribution in [2.75, 3.05) is 5.32 Å². The first-order chi connectivity index (χ1) is 10.2. The molecule has 0 saturated heterocycles. The summed E-state index contributed by atoms with van der Waals surface area (Å²) in [6, 6.07) is 13.2. The number of halogens is 2. The van der Waals surface area contributed by atoms with Crippen LogP contribution in [0.2, 0.25) is 0 Å². The SMILES string of the molecule is Fc1cc(F)cc(NCc2nc(-c3ccccc3)cs2)c1. The normalized spacial score (nSPS) is 10.6. The van der Waals surface area contributed by atoms with Gasteiger partial charge in [-0.15, -0.1) is 11.3 Å². The van der Waals surface area contributed by atoms with E-state index in [1.807, 2.05) is 35.7 Å². The van der Waals surface area contributed by atoms with Crippen molar-refractivity contribution in [2.45, 2.75) is 6.54 Å². The minimum Gasteiger partial charge on any atom is -0.378 e. The second-order valence-electron chi connectivity index (χ2n) is 4.50. The Bertz CT molecular complexity index is 721. The highest BCUT2D eigenvalue weighted by molar-refractivity contribution is 7.09. The lowest BCUT2D eigenvalue weighted by atomic mass is 10.2. The molecule has 2 nitrogen and oxygen atoms in total. The van der Waals surface area contributed by atoms with E-state index in [1.165, 1.54) is 23.5 Å². The van der Waals surface area contributed by atoms with E-state index in [-0.39, 0.29) is 0 Å². The Morgan fingerprint density at radius 3 is 2.43 bits per heavy atom. The molecule has 0 aliphatic heterocycles. The molecule has 1 aromatic heterocycles. The molecular weight excluding hydrogens is 290 g/mol. The standard InChI is InChI=1S/C16H12F2N2S/c17-12-6-13(18)8-14(7-12)19-9-16-20-15(10-21-16)11-4-2-1-3-5-11/h1-8,10,19H,9H2. The number of rotatable bonds is 4. The zero-order valence-electron chi connectivity index (χ0n) is 11.0. The summed E-state index contributed by atoms with van der Waals surface area (Å²) in [5.41, 5.74) is 2.36. The largest absolute Gasteiger partial charge is 0.378 e. The van der Waals surface area contributed by atoms with Crippen LogP contribution in [-0.4, -0.2) is 4.98 Å². The number of thiazole rings is 1. The highest BCUT2D eigenvalue weighted by Crippen LogP contribution is 2.22. The Labute approximate surface area is 125 Å². The first kappa shape index (κ1) is 13.7. The Morgan fingerprint density at radius 1 is 1.00 bits per heavy atom. The first-order valence-corrected chi connectivity index (χ1v) is 7.28. The summed E-state index contributed by atoms with van der Waals surface area (Å²) >= 11 is 1.51. The third-order valence-corrected chi connectivity index (χ3v) is 3.78. The molecule has 3 rings (SSSR count). The molecule has 5 heteroatoms. The Morgan fingerprint density at radius 2 is 1.71 bits per heavy atom. The number of hydrogen-bond donors (Lipinski definition) is 1. The molecule has 106 valence electrons. The lowest BCUT2D eigenvalue weighted by molar-refractivity contribution is 0.584. The maximum Gasteiger partial charge on any atom is 0.128 e. The maximum atomic E-state index is 13.1. The lowest BCUT2D eigenvalue weighted by Crippen LogP contribution is -2.00. The van der Waals surface area contributed by atoms with Crippen molar-refractivity contribution in [3.05, 3.63) is 70.6 Å². The quantitative estimate of drug-likeness (QED) is 0.755. The molecule has 2 aromatic carbocycles. The summed E-state index contributed by atoms with van der Waals surface area (Å²) in [5.74, 6) is -1.19. The molecule has 0 spiro atoms. The van der Waals surface area contributed by atoms with Gasteiger partial charge in [-0.3, -0.25) is 0 Å². The van der Waals surface area contributed by atoms with Gasteiger partial charge in [0.1, 0.15) is 16.6 Å². The lowest BCUT2D eigenvalue weighted by Gasteiger charge is -2.04. The molecule has 0 fully saturated rings. The van der Waals surface area contributed by atoms with Crippen molar-refractivity contribution in [3.63, 3.8) is 0 Å². The van der Waals surface area contributed by atoms with Crippen LogP contribution in [0.15, 0.2) is 53.9 Å². The smallest absolute Gasteiger partial charge is 0.128 e. The van der Waals surface area contributed by atoms with Crippen molar-refractivity contribution < 1.29 is 8.78 Å². The van der Waals surface area contributed by atoms with Gasteiger partial charge in [-0.05, 0) is 12.1 Å². The van der Waals surface area contributed by atoms with Crippen molar-refractivity contribution >= 4 is 17.0 Å². The van der Waals surface area contributed by atoms with Crippen LogP contribution in [0, 0.1) is 11.6 Å². The Kier molecular flexibility index (Phi) is 3.92. The highest BCUT2D eigenvalue weighted by atomic mass is 32.1. The van der Waals surface area contributed by atoms with Gasteiger partial charge in [-0.1, -0.05) is 30.3 Å². The van der Waals surface area contributed by atoms with Crippen LogP contribution in [0.5, 0.6) is 0 Å². The van der Waals surface area contributed by atoms with Crippen LogP contribution >= 0.6 is 11.3 Å². The van der Waals surface area contributed by atoms with Gasteiger partial charge in [-0.25, -0.2) is 13.8 Å². The molecule has 3 aromatic rings. The van der Waals surface area contributed by atoms with Crippen molar-refractivity contribution in [3.8, 4) is 11.3 Å². The van der Waals surface area contributed by atoms with Gasteiger partial charge in [0.05, 0.1) is 12.2 Å². The van der Waals surface area contributed by atoms with Crippen molar-refractivity contribution in [2.24, 2.45) is 0 Å². The zero-order valence-corrected chi connectivity index (χ0v) is 11.8. The monoisotopic (exact) mass is 302 g/mol. The molecule has 0 unspecified atom stereocenters. The topological polar surface area (TPSA) is 24.9 Å². The Balaban J connectivity index is 1.70. The molecule has 0 aliphatic carbocycles. The summed E-state index contributed by atoms with van der Waals surface area (Å²) in [5, 5.41) is 5.81. The third kappa shape index (κ3) is 3.44. The van der Waals surface area contributed by atoms with E-state index in [0.717, 1.165) is 22.3 Å². The number of hydrogen-bond acceptors (Lipinski definition) is 3. The number of benzene rings is 2. The van der Waals surface area contributed by atoms with E-state index in [4.69, 9.17) is 0 Å². The van der Waals surface area contributed by atoms with E-state index in [0.29, 0.717) is 12.2 Å². The van der Waals surface area contributed by atoms with Gasteiger partial charge in [0, 0.05) is 22.7 Å². The molecule has 21 heavy (non-hydrogen) atoms. The fourth-order valence-corrected chi connectivity index (χ4v) is 2.71. The van der Waals surface area contributed by atoms with Gasteiger partial charge < -0.3 is 5.32 Å². The minimum atomic E-state index is -0.596. The van der Waals surface area contributed by atoms with Crippen LogP contribution in [0.3, 0.4) is 0 Å². The summed E-state index contributed by atoms with van der Waals surface area (Å²) in [7, 11) is 0. The summed E-state index contributed by atoms with van der Waals surface area (Å²) in [6.07, 6.45) is 0. The van der Waals surface area contributed by atoms with Gasteiger partial charge in [0.25, 0.3) is 0 Å². The third-order valence-electron chi connectivity index (χ3n) is 2.93. The van der Waals surface area contributed by atoms with Crippen molar-refractivity contribution in [1.29, 1.82) is 0 Å². The fourth-order valence-electron chi connectivity index (χ4n) is 1.97. The van der Waals surface area contributed by atoms with Crippen LogP contribution < -0.4 is 5.32 Å². The zero-order chi connectivity index (χ0) is 14.7. The van der Waals surface area contributed by atoms with Crippen LogP contribution in [0.4, 0.5) is 14.5 Å². The van der Waals surface area contributed by atoms with Crippen LogP contribution in [0.1, 0.15) is 5.01 Å². The number of aromatic nitrogens is 1. The van der Waals surface area contributed by atoms with E-state index in [1.54, 1.807) is 0 Å². The molecule has 0 amide bonds. The van der Waals surface area contributed by atoms with Crippen molar-refractivity contribution in [1.82, 2.24) is 4.98 Å². The summed E-state index contributed by atoms with van der Waals surface area (Å²) in [4.78, 5) is 4.51. The molecule has 0 saturated carbocycles. The molecule has 0 aliphatic rings. The Hall–Kier alpha value is -2.27. The van der Waals surface area contributed by atoms with Gasteiger partial charge in [0.15, 0.2) is 0 Å². The molecule has 1 heterocycles. The highest BCUT2D eigenvalue weighted by Gasteiger charge is 2.05. The molecule has 0 bridgehead atoms. The second-order valence-corrected chi connectivity index (χ2v) is 5.45. The van der Waals surface area contributed by atoms with Gasteiger partial charge in [-0.2, -0.15) is 0 Å². The summed E-state index contributed by atoms with van der Waals surface area (Å²) < 4.78 is 26.2. The minimum absolute atomic E-state index is 0.406. The maximum absolute atomic E-state index is 13.1. The predicted molar refractivity (Wildman–Crippen MR) is 81.2 cm³/mol. The number of nitrogens with zero attached hydrogens (tertiary/aromatic N) is 1. The number of anilines is 1. The molecule has 0 radical (unpaired) electrons. The van der Waals surface area contributed by atoms with Gasteiger partial charge >= 0.3 is 0 Å². The van der Waals surface area contributed by atoms with Crippen LogP contribution in [-0.2, 0) is 6.54 Å². The number of nitrogens with one attached hydrogen (secondary N) is 1. The average molecular weight is 302 g/mol. The van der Waals surface area contributed by atoms with Crippen LogP contribution in [0.25, 0.3) is 11.3 Å². The van der Waals surface area contributed by atoms with Gasteiger partial charge in [0.2, 0.25) is 0 Å². The molecule has 1 N–H and O–H groups in total. The predicted octanol–water partition coefficient (Wildman–Crippen LogP) is 4.70. The van der Waals surface area contributed by atoms with E-state index < -0.39 is 11.6 Å². The van der Waals surface area contributed by atoms with E-state index >= 15 is 0 Å². The fraction of sp³-hybridized carbons (Fsp3) is 0.0625.